The van der Waals surface area contributed by atoms with Crippen molar-refractivity contribution in [1.82, 2.24) is 14.9 Å². The molecule has 0 aliphatic heterocycles. The third-order valence-corrected chi connectivity index (χ3v) is 5.05. The third-order valence-electron chi connectivity index (χ3n) is 3.95. The summed E-state index contributed by atoms with van der Waals surface area (Å²) < 4.78 is 37.3. The van der Waals surface area contributed by atoms with Crippen molar-refractivity contribution in [3.8, 4) is 0 Å². The highest BCUT2D eigenvalue weighted by Gasteiger charge is 2.39. The fourth-order valence-corrected chi connectivity index (χ4v) is 3.25. The van der Waals surface area contributed by atoms with Crippen molar-refractivity contribution in [3.05, 3.63) is 26.6 Å². The summed E-state index contributed by atoms with van der Waals surface area (Å²) >= 11 is 1.38. The highest BCUT2D eigenvalue weighted by atomic mass is 32.1. The number of H-pyrrole nitrogens is 1. The van der Waals surface area contributed by atoms with Crippen molar-refractivity contribution in [1.29, 1.82) is 0 Å². The maximum atomic E-state index is 12.4. The summed E-state index contributed by atoms with van der Waals surface area (Å²) in [4.78, 5) is 22.0. The SMILES string of the molecule is Cc1sc2nc(C(C)N(C)CC(O)C(F)(F)F)[nH]c(=O)c2c1C. The van der Waals surface area contributed by atoms with Crippen LogP contribution >= 0.6 is 11.3 Å². The Morgan fingerprint density at radius 3 is 2.57 bits per heavy atom. The minimum atomic E-state index is -4.68. The number of rotatable bonds is 4. The number of thiophene rings is 1. The largest absolute Gasteiger partial charge is 0.415 e. The zero-order valence-corrected chi connectivity index (χ0v) is 14.0. The van der Waals surface area contributed by atoms with Crippen molar-refractivity contribution in [3.63, 3.8) is 0 Å². The summed E-state index contributed by atoms with van der Waals surface area (Å²) in [6, 6.07) is -0.577. The molecule has 2 aromatic rings. The van der Waals surface area contributed by atoms with Gasteiger partial charge in [-0.15, -0.1) is 11.3 Å². The van der Waals surface area contributed by atoms with E-state index in [1.165, 1.54) is 23.3 Å². The number of aromatic amines is 1. The number of nitrogens with one attached hydrogen (secondary N) is 1. The van der Waals surface area contributed by atoms with E-state index in [9.17, 15) is 18.0 Å². The van der Waals surface area contributed by atoms with Gasteiger partial charge in [0.05, 0.1) is 11.4 Å². The first-order chi connectivity index (χ1) is 10.5. The Hall–Kier alpha value is -1.45. The van der Waals surface area contributed by atoms with Crippen molar-refractivity contribution in [2.75, 3.05) is 13.6 Å². The standard InChI is InChI=1S/C14H18F3N3O2S/c1-6-8(3)23-13-10(6)12(22)18-11(19-13)7(2)20(4)5-9(21)14(15,16)17/h7,9,21H,5H2,1-4H3,(H,18,19,22). The van der Waals surface area contributed by atoms with Gasteiger partial charge < -0.3 is 10.1 Å². The zero-order valence-electron chi connectivity index (χ0n) is 13.2. The molecule has 0 aliphatic rings. The second kappa shape index (κ2) is 6.21. The molecular formula is C14H18F3N3O2S. The number of fused-ring (bicyclic) bond motifs is 1. The molecule has 0 amide bonds. The van der Waals surface area contributed by atoms with Crippen LogP contribution in [0.5, 0.6) is 0 Å². The van der Waals surface area contributed by atoms with Gasteiger partial charge in [0.15, 0.2) is 6.10 Å². The maximum absolute atomic E-state index is 12.4. The van der Waals surface area contributed by atoms with Crippen molar-refractivity contribution in [2.45, 2.75) is 39.1 Å². The molecule has 2 rings (SSSR count). The number of aliphatic hydroxyl groups is 1. The zero-order chi connectivity index (χ0) is 17.5. The summed E-state index contributed by atoms with van der Waals surface area (Å²) in [5.41, 5.74) is 0.558. The second-order valence-corrected chi connectivity index (χ2v) is 6.79. The molecule has 128 valence electrons. The van der Waals surface area contributed by atoms with Crippen LogP contribution in [0.3, 0.4) is 0 Å². The van der Waals surface area contributed by atoms with Gasteiger partial charge in [0.1, 0.15) is 10.7 Å². The number of likely N-dealkylation sites (N-methyl/N-ethyl adjacent to an activating group) is 1. The van der Waals surface area contributed by atoms with E-state index in [0.29, 0.717) is 10.2 Å². The van der Waals surface area contributed by atoms with Crippen LogP contribution in [0, 0.1) is 13.8 Å². The van der Waals surface area contributed by atoms with Crippen molar-refractivity contribution >= 4 is 21.6 Å². The fourth-order valence-electron chi connectivity index (χ4n) is 2.21. The van der Waals surface area contributed by atoms with Gasteiger partial charge in [-0.05, 0) is 33.4 Å². The van der Waals surface area contributed by atoms with Crippen LogP contribution in [0.15, 0.2) is 4.79 Å². The van der Waals surface area contributed by atoms with E-state index in [-0.39, 0.29) is 11.4 Å². The predicted molar refractivity (Wildman–Crippen MR) is 82.8 cm³/mol. The summed E-state index contributed by atoms with van der Waals surface area (Å²) in [5.74, 6) is 0.278. The molecule has 2 N–H and O–H groups in total. The van der Waals surface area contributed by atoms with Crippen LogP contribution in [0.1, 0.15) is 29.2 Å². The Morgan fingerprint density at radius 2 is 2.00 bits per heavy atom. The minimum absolute atomic E-state index is 0.278. The lowest BCUT2D eigenvalue weighted by Gasteiger charge is -2.27. The molecule has 0 saturated heterocycles. The number of aliphatic hydroxyl groups excluding tert-OH is 1. The van der Waals surface area contributed by atoms with Crippen LogP contribution in [0.2, 0.25) is 0 Å². The fraction of sp³-hybridized carbons (Fsp3) is 0.571. The molecule has 5 nitrogen and oxygen atoms in total. The summed E-state index contributed by atoms with van der Waals surface area (Å²) in [7, 11) is 1.44. The van der Waals surface area contributed by atoms with E-state index < -0.39 is 24.9 Å². The smallest absolute Gasteiger partial charge is 0.382 e. The van der Waals surface area contributed by atoms with Gasteiger partial charge in [-0.3, -0.25) is 9.69 Å². The van der Waals surface area contributed by atoms with Crippen LogP contribution in [0.4, 0.5) is 13.2 Å². The van der Waals surface area contributed by atoms with Gasteiger partial charge in [-0.1, -0.05) is 0 Å². The van der Waals surface area contributed by atoms with Gasteiger partial charge in [0.25, 0.3) is 5.56 Å². The van der Waals surface area contributed by atoms with Gasteiger partial charge in [-0.2, -0.15) is 13.2 Å². The molecule has 9 heteroatoms. The predicted octanol–water partition coefficient (Wildman–Crippen LogP) is 2.52. The highest BCUT2D eigenvalue weighted by molar-refractivity contribution is 7.18. The van der Waals surface area contributed by atoms with Crippen LogP contribution in [-0.4, -0.2) is 45.8 Å². The molecule has 2 aromatic heterocycles. The topological polar surface area (TPSA) is 69.2 Å². The van der Waals surface area contributed by atoms with E-state index in [1.54, 1.807) is 6.92 Å². The molecule has 0 spiro atoms. The molecule has 0 saturated carbocycles. The van der Waals surface area contributed by atoms with Gasteiger partial charge in [0, 0.05) is 11.4 Å². The molecule has 0 bridgehead atoms. The lowest BCUT2D eigenvalue weighted by Crippen LogP contribution is -2.40. The minimum Gasteiger partial charge on any atom is -0.382 e. The van der Waals surface area contributed by atoms with E-state index in [2.05, 4.69) is 9.97 Å². The van der Waals surface area contributed by atoms with Gasteiger partial charge >= 0.3 is 6.18 Å². The summed E-state index contributed by atoms with van der Waals surface area (Å²) in [6.45, 7) is 4.74. The molecule has 2 heterocycles. The molecule has 0 aromatic carbocycles. The van der Waals surface area contributed by atoms with E-state index in [0.717, 1.165) is 10.4 Å². The Labute approximate surface area is 134 Å². The number of hydrogen-bond donors (Lipinski definition) is 2. The Balaban J connectivity index is 2.31. The Bertz CT molecular complexity index is 769. The molecule has 0 radical (unpaired) electrons. The number of alkyl halides is 3. The number of aryl methyl sites for hydroxylation is 2. The van der Waals surface area contributed by atoms with Crippen LogP contribution in [0.25, 0.3) is 10.2 Å². The first kappa shape index (κ1) is 17.9. The number of hydrogen-bond acceptors (Lipinski definition) is 5. The normalized spacial score (nSPS) is 15.3. The average Bonchev–Trinajstić information content (AvgIpc) is 2.72. The molecule has 2 atom stereocenters. The van der Waals surface area contributed by atoms with Crippen molar-refractivity contribution < 1.29 is 18.3 Å². The second-order valence-electron chi connectivity index (χ2n) is 5.59. The van der Waals surface area contributed by atoms with Crippen LogP contribution < -0.4 is 5.56 Å². The van der Waals surface area contributed by atoms with E-state index in [4.69, 9.17) is 5.11 Å². The molecule has 2 unspecified atom stereocenters. The van der Waals surface area contributed by atoms with Crippen molar-refractivity contribution in [2.24, 2.45) is 0 Å². The monoisotopic (exact) mass is 349 g/mol. The third kappa shape index (κ3) is 3.56. The molecule has 23 heavy (non-hydrogen) atoms. The maximum Gasteiger partial charge on any atom is 0.415 e. The first-order valence-electron chi connectivity index (χ1n) is 6.97. The van der Waals surface area contributed by atoms with Gasteiger partial charge in [0.2, 0.25) is 0 Å². The highest BCUT2D eigenvalue weighted by Crippen LogP contribution is 2.28. The molecule has 0 fully saturated rings. The summed E-state index contributed by atoms with van der Waals surface area (Å²) in [5, 5.41) is 9.68. The summed E-state index contributed by atoms with van der Waals surface area (Å²) in [6.07, 6.45) is -7.13. The van der Waals surface area contributed by atoms with E-state index in [1.807, 2.05) is 13.8 Å². The lowest BCUT2D eigenvalue weighted by molar-refractivity contribution is -0.208. The van der Waals surface area contributed by atoms with Crippen LogP contribution in [-0.2, 0) is 0 Å². The van der Waals surface area contributed by atoms with Gasteiger partial charge in [-0.25, -0.2) is 4.98 Å². The number of nitrogens with zero attached hydrogens (tertiary/aromatic N) is 2. The Morgan fingerprint density at radius 1 is 1.39 bits per heavy atom. The lowest BCUT2D eigenvalue weighted by atomic mass is 10.2. The molecular weight excluding hydrogens is 331 g/mol. The first-order valence-corrected chi connectivity index (χ1v) is 7.79. The number of aromatic nitrogens is 2. The molecule has 0 aliphatic carbocycles. The number of halogens is 3. The Kier molecular flexibility index (Phi) is 4.84. The quantitative estimate of drug-likeness (QED) is 0.890. The average molecular weight is 349 g/mol. The van der Waals surface area contributed by atoms with E-state index >= 15 is 0 Å².